The predicted octanol–water partition coefficient (Wildman–Crippen LogP) is 3.75. The number of carbonyl (C=O) groups excluding carboxylic acids is 1. The molecule has 0 aliphatic carbocycles. The molecule has 3 aromatic rings. The first kappa shape index (κ1) is 15.0. The number of nitrogens with one attached hydrogen (secondary N) is 2. The van der Waals surface area contributed by atoms with E-state index in [0.717, 1.165) is 9.75 Å². The van der Waals surface area contributed by atoms with Crippen LogP contribution in [-0.4, -0.2) is 10.9 Å². The lowest BCUT2D eigenvalue weighted by Crippen LogP contribution is -2.28. The van der Waals surface area contributed by atoms with E-state index >= 15 is 0 Å². The monoisotopic (exact) mass is 350 g/mol. The Kier molecular flexibility index (Phi) is 4.42. The Bertz CT molecular complexity index is 853. The zero-order valence-corrected chi connectivity index (χ0v) is 13.6. The number of thiophene rings is 2. The number of H-pyrrole nitrogens is 1. The minimum atomic E-state index is -0.400. The molecule has 0 radical (unpaired) electrons. The van der Waals surface area contributed by atoms with Crippen LogP contribution in [0, 0.1) is 0 Å². The van der Waals surface area contributed by atoms with Gasteiger partial charge in [0.05, 0.1) is 21.5 Å². The van der Waals surface area contributed by atoms with Crippen LogP contribution in [0.5, 0.6) is 0 Å². The average Bonchev–Trinajstić information content (AvgIpc) is 3.16. The number of hydrogen-bond donors (Lipinski definition) is 2. The summed E-state index contributed by atoms with van der Waals surface area (Å²) < 4.78 is 0.669. The van der Waals surface area contributed by atoms with Crippen LogP contribution in [0.1, 0.15) is 15.2 Å². The van der Waals surface area contributed by atoms with Gasteiger partial charge in [0.25, 0.3) is 11.5 Å². The second-order valence-electron chi connectivity index (χ2n) is 4.48. The molecule has 7 heteroatoms. The van der Waals surface area contributed by atoms with E-state index in [2.05, 4.69) is 10.3 Å². The second-order valence-corrected chi connectivity index (χ2v) is 7.23. The van der Waals surface area contributed by atoms with Gasteiger partial charge in [0.2, 0.25) is 0 Å². The summed E-state index contributed by atoms with van der Waals surface area (Å²) in [5, 5.41) is 4.65. The molecule has 0 saturated heterocycles. The fourth-order valence-corrected chi connectivity index (χ4v) is 3.67. The molecule has 3 rings (SSSR count). The SMILES string of the molecule is O=C(NCc1ccc(Cl)s1)c1ccc(-c2cccs2)[nH]c1=O. The first-order chi connectivity index (χ1) is 10.6. The molecule has 0 saturated carbocycles. The number of hydrogen-bond acceptors (Lipinski definition) is 4. The van der Waals surface area contributed by atoms with E-state index in [0.29, 0.717) is 16.6 Å². The number of carbonyl (C=O) groups is 1. The number of amides is 1. The zero-order chi connectivity index (χ0) is 15.5. The highest BCUT2D eigenvalue weighted by Crippen LogP contribution is 2.22. The Balaban J connectivity index is 1.74. The predicted molar refractivity (Wildman–Crippen MR) is 90.9 cm³/mol. The molecule has 0 unspecified atom stereocenters. The molecular formula is C15H11ClN2O2S2. The fourth-order valence-electron chi connectivity index (χ4n) is 1.94. The summed E-state index contributed by atoms with van der Waals surface area (Å²) in [4.78, 5) is 28.8. The van der Waals surface area contributed by atoms with Gasteiger partial charge in [0.1, 0.15) is 5.56 Å². The van der Waals surface area contributed by atoms with Gasteiger partial charge in [0, 0.05) is 4.88 Å². The average molecular weight is 351 g/mol. The number of rotatable bonds is 4. The van der Waals surface area contributed by atoms with Gasteiger partial charge >= 0.3 is 0 Å². The lowest BCUT2D eigenvalue weighted by Gasteiger charge is -2.04. The van der Waals surface area contributed by atoms with Crippen molar-refractivity contribution in [1.29, 1.82) is 0 Å². The van der Waals surface area contributed by atoms with Crippen molar-refractivity contribution < 1.29 is 4.79 Å². The summed E-state index contributed by atoms with van der Waals surface area (Å²) in [6, 6.07) is 10.7. The fraction of sp³-hybridized carbons (Fsp3) is 0.0667. The summed E-state index contributed by atoms with van der Waals surface area (Å²) in [6.45, 7) is 0.350. The van der Waals surface area contributed by atoms with Crippen LogP contribution >= 0.6 is 34.3 Å². The molecule has 0 aliphatic rings. The smallest absolute Gasteiger partial charge is 0.261 e. The molecule has 0 spiro atoms. The highest BCUT2D eigenvalue weighted by atomic mass is 35.5. The van der Waals surface area contributed by atoms with Crippen molar-refractivity contribution in [1.82, 2.24) is 10.3 Å². The maximum absolute atomic E-state index is 12.1. The summed E-state index contributed by atoms with van der Waals surface area (Å²) in [7, 11) is 0. The Morgan fingerprint density at radius 1 is 1.23 bits per heavy atom. The van der Waals surface area contributed by atoms with Crippen LogP contribution in [0.2, 0.25) is 4.34 Å². The van der Waals surface area contributed by atoms with Gasteiger partial charge < -0.3 is 10.3 Å². The molecule has 0 bridgehead atoms. The van der Waals surface area contributed by atoms with Crippen molar-refractivity contribution in [3.63, 3.8) is 0 Å². The van der Waals surface area contributed by atoms with Crippen LogP contribution in [0.4, 0.5) is 0 Å². The van der Waals surface area contributed by atoms with Crippen LogP contribution < -0.4 is 10.9 Å². The topological polar surface area (TPSA) is 62.0 Å². The molecule has 112 valence electrons. The summed E-state index contributed by atoms with van der Waals surface area (Å²) in [6.07, 6.45) is 0. The van der Waals surface area contributed by atoms with Crippen LogP contribution in [0.25, 0.3) is 10.6 Å². The van der Waals surface area contributed by atoms with Gasteiger partial charge in [0.15, 0.2) is 0 Å². The van der Waals surface area contributed by atoms with Crippen molar-refractivity contribution in [2.24, 2.45) is 0 Å². The molecule has 0 aromatic carbocycles. The van der Waals surface area contributed by atoms with Crippen LogP contribution in [-0.2, 0) is 6.54 Å². The maximum atomic E-state index is 12.1. The number of pyridine rings is 1. The van der Waals surface area contributed by atoms with Crippen molar-refractivity contribution in [3.8, 4) is 10.6 Å². The number of halogens is 1. The molecule has 1 amide bonds. The minimum absolute atomic E-state index is 0.1000. The molecule has 4 nitrogen and oxygen atoms in total. The molecule has 22 heavy (non-hydrogen) atoms. The Labute approximate surface area is 139 Å². The van der Waals surface area contributed by atoms with Crippen molar-refractivity contribution in [3.05, 3.63) is 66.9 Å². The quantitative estimate of drug-likeness (QED) is 0.752. The van der Waals surface area contributed by atoms with E-state index < -0.39 is 11.5 Å². The van der Waals surface area contributed by atoms with E-state index in [-0.39, 0.29) is 5.56 Å². The summed E-state index contributed by atoms with van der Waals surface area (Å²) in [5.41, 5.74) is 0.414. The van der Waals surface area contributed by atoms with Crippen LogP contribution in [0.3, 0.4) is 0 Å². The van der Waals surface area contributed by atoms with Gasteiger partial charge in [-0.1, -0.05) is 17.7 Å². The summed E-state index contributed by atoms with van der Waals surface area (Å²) in [5.74, 6) is -0.400. The van der Waals surface area contributed by atoms with Gasteiger partial charge in [-0.3, -0.25) is 9.59 Å². The molecule has 0 atom stereocenters. The van der Waals surface area contributed by atoms with E-state index in [1.54, 1.807) is 18.2 Å². The Hall–Kier alpha value is -1.89. The maximum Gasteiger partial charge on any atom is 0.261 e. The van der Waals surface area contributed by atoms with Crippen LogP contribution in [0.15, 0.2) is 46.6 Å². The Morgan fingerprint density at radius 2 is 2.09 bits per heavy atom. The third-order valence-corrected chi connectivity index (χ3v) is 5.13. The molecule has 0 aliphatic heterocycles. The third kappa shape index (κ3) is 3.30. The van der Waals surface area contributed by atoms with Crippen molar-refractivity contribution in [2.45, 2.75) is 6.54 Å². The standard InChI is InChI=1S/C15H11ClN2O2S2/c16-13-6-3-9(22-13)8-17-14(19)10-4-5-11(18-15(10)20)12-2-1-7-21-12/h1-7H,8H2,(H,17,19)(H,18,20). The molecule has 0 fully saturated rings. The zero-order valence-electron chi connectivity index (χ0n) is 11.3. The van der Waals surface area contributed by atoms with Crippen molar-refractivity contribution in [2.75, 3.05) is 0 Å². The first-order valence-corrected chi connectivity index (χ1v) is 8.50. The van der Waals surface area contributed by atoms with E-state index in [9.17, 15) is 9.59 Å². The van der Waals surface area contributed by atoms with Gasteiger partial charge in [-0.05, 0) is 35.7 Å². The molecular weight excluding hydrogens is 340 g/mol. The molecule has 2 N–H and O–H groups in total. The van der Waals surface area contributed by atoms with Gasteiger partial charge in [-0.15, -0.1) is 22.7 Å². The lowest BCUT2D eigenvalue weighted by atomic mass is 10.2. The van der Waals surface area contributed by atoms with Gasteiger partial charge in [-0.25, -0.2) is 0 Å². The van der Waals surface area contributed by atoms with E-state index in [1.807, 2.05) is 23.6 Å². The number of aromatic nitrogens is 1. The minimum Gasteiger partial charge on any atom is -0.347 e. The normalized spacial score (nSPS) is 10.6. The largest absolute Gasteiger partial charge is 0.347 e. The molecule has 3 heterocycles. The Morgan fingerprint density at radius 3 is 2.73 bits per heavy atom. The van der Waals surface area contributed by atoms with E-state index in [1.165, 1.54) is 22.7 Å². The van der Waals surface area contributed by atoms with E-state index in [4.69, 9.17) is 11.6 Å². The highest BCUT2D eigenvalue weighted by Gasteiger charge is 2.12. The van der Waals surface area contributed by atoms with Gasteiger partial charge in [-0.2, -0.15) is 0 Å². The first-order valence-electron chi connectivity index (χ1n) is 6.43. The third-order valence-electron chi connectivity index (χ3n) is 2.99. The van der Waals surface area contributed by atoms with Crippen molar-refractivity contribution >= 4 is 40.2 Å². The summed E-state index contributed by atoms with van der Waals surface area (Å²) >= 11 is 8.76. The second kappa shape index (κ2) is 6.48. The number of aromatic amines is 1. The molecule has 3 aromatic heterocycles. The highest BCUT2D eigenvalue weighted by molar-refractivity contribution is 7.16. The lowest BCUT2D eigenvalue weighted by molar-refractivity contribution is 0.0950.